The normalized spacial score (nSPS) is 30.8. The van der Waals surface area contributed by atoms with Gasteiger partial charge in [0, 0.05) is 23.4 Å². The van der Waals surface area contributed by atoms with Gasteiger partial charge in [-0.2, -0.15) is 11.8 Å². The molecule has 5 heteroatoms. The molecule has 1 amide bonds. The van der Waals surface area contributed by atoms with Crippen molar-refractivity contribution >= 4 is 17.7 Å². The third-order valence-corrected chi connectivity index (χ3v) is 5.16. The number of rotatable bonds is 2. The molecule has 0 spiro atoms. The molecular formula is C13H18N2O2S. The third kappa shape index (κ3) is 1.94. The predicted molar refractivity (Wildman–Crippen MR) is 70.8 cm³/mol. The Morgan fingerprint density at radius 2 is 2.11 bits per heavy atom. The van der Waals surface area contributed by atoms with E-state index in [1.807, 2.05) is 18.7 Å². The summed E-state index contributed by atoms with van der Waals surface area (Å²) in [6.45, 7) is 1.82. The number of piperidine rings is 1. The van der Waals surface area contributed by atoms with Gasteiger partial charge in [0.25, 0.3) is 5.91 Å². The maximum Gasteiger partial charge on any atom is 0.276 e. The molecule has 0 N–H and O–H groups in total. The van der Waals surface area contributed by atoms with Crippen molar-refractivity contribution in [2.75, 3.05) is 6.26 Å². The van der Waals surface area contributed by atoms with Crippen LogP contribution in [0.4, 0.5) is 0 Å². The first-order valence-electron chi connectivity index (χ1n) is 6.48. The fraction of sp³-hybridized carbons (Fsp3) is 0.692. The number of hydrogen-bond donors (Lipinski definition) is 0. The molecule has 98 valence electrons. The number of aromatic nitrogens is 1. The van der Waals surface area contributed by atoms with Crippen molar-refractivity contribution in [2.45, 2.75) is 49.9 Å². The molecule has 18 heavy (non-hydrogen) atoms. The largest absolute Gasteiger partial charge is 0.361 e. The molecule has 0 saturated carbocycles. The fourth-order valence-corrected chi connectivity index (χ4v) is 4.08. The summed E-state index contributed by atoms with van der Waals surface area (Å²) >= 11 is 1.93. The summed E-state index contributed by atoms with van der Waals surface area (Å²) in [5.74, 6) is 0.753. The van der Waals surface area contributed by atoms with Crippen LogP contribution in [0.25, 0.3) is 0 Å². The second-order valence-electron chi connectivity index (χ2n) is 5.25. The van der Waals surface area contributed by atoms with Crippen molar-refractivity contribution in [3.8, 4) is 0 Å². The molecule has 2 aliphatic heterocycles. The summed E-state index contributed by atoms with van der Waals surface area (Å²) in [5.41, 5.74) is 0.465. The Labute approximate surface area is 111 Å². The first kappa shape index (κ1) is 12.1. The minimum atomic E-state index is 0.0545. The lowest BCUT2D eigenvalue weighted by Gasteiger charge is -2.38. The first-order valence-corrected chi connectivity index (χ1v) is 7.76. The van der Waals surface area contributed by atoms with E-state index in [1.54, 1.807) is 6.07 Å². The van der Waals surface area contributed by atoms with Gasteiger partial charge in [-0.05, 0) is 38.9 Å². The van der Waals surface area contributed by atoms with Crippen molar-refractivity contribution < 1.29 is 9.32 Å². The number of carbonyl (C=O) groups excluding carboxylic acids is 1. The Balaban J connectivity index is 1.80. The number of aryl methyl sites for hydroxylation is 1. The van der Waals surface area contributed by atoms with Gasteiger partial charge in [0.1, 0.15) is 5.76 Å². The molecule has 3 heterocycles. The lowest BCUT2D eigenvalue weighted by Crippen LogP contribution is -2.47. The van der Waals surface area contributed by atoms with E-state index in [0.717, 1.165) is 25.7 Å². The van der Waals surface area contributed by atoms with E-state index in [-0.39, 0.29) is 5.91 Å². The van der Waals surface area contributed by atoms with E-state index in [2.05, 4.69) is 16.3 Å². The van der Waals surface area contributed by atoms with Crippen LogP contribution in [0.5, 0.6) is 0 Å². The number of fused-ring (bicyclic) bond motifs is 2. The Kier molecular flexibility index (Phi) is 3.09. The maximum atomic E-state index is 12.5. The average molecular weight is 266 g/mol. The van der Waals surface area contributed by atoms with Crippen LogP contribution in [-0.2, 0) is 0 Å². The lowest BCUT2D eigenvalue weighted by molar-refractivity contribution is 0.0591. The number of nitrogens with zero attached hydrogens (tertiary/aromatic N) is 2. The van der Waals surface area contributed by atoms with Crippen LogP contribution < -0.4 is 0 Å². The zero-order valence-electron chi connectivity index (χ0n) is 10.8. The fourth-order valence-electron chi connectivity index (χ4n) is 3.25. The highest BCUT2D eigenvalue weighted by atomic mass is 32.2. The van der Waals surface area contributed by atoms with E-state index >= 15 is 0 Å². The molecular weight excluding hydrogens is 248 g/mol. The molecule has 2 fully saturated rings. The average Bonchev–Trinajstić information content (AvgIpc) is 2.90. The zero-order chi connectivity index (χ0) is 12.7. The summed E-state index contributed by atoms with van der Waals surface area (Å²) in [7, 11) is 0. The van der Waals surface area contributed by atoms with Gasteiger partial charge in [0.05, 0.1) is 0 Å². The van der Waals surface area contributed by atoms with E-state index in [0.29, 0.717) is 28.8 Å². The highest BCUT2D eigenvalue weighted by Gasteiger charge is 2.43. The van der Waals surface area contributed by atoms with Gasteiger partial charge in [-0.15, -0.1) is 0 Å². The minimum absolute atomic E-state index is 0.0545. The monoisotopic (exact) mass is 266 g/mol. The predicted octanol–water partition coefficient (Wildman–Crippen LogP) is 2.48. The second kappa shape index (κ2) is 4.61. The SMILES string of the molecule is CSC1CC2CCC(C1)N2C(=O)c1cc(C)on1. The standard InChI is InChI=1S/C13H18N2O2S/c1-8-5-12(14-17-8)13(16)15-9-3-4-10(15)7-11(6-9)18-2/h5,9-11H,3-4,6-7H2,1-2H3. The smallest absolute Gasteiger partial charge is 0.276 e. The molecule has 0 aliphatic carbocycles. The molecule has 1 aromatic heterocycles. The zero-order valence-corrected chi connectivity index (χ0v) is 11.6. The van der Waals surface area contributed by atoms with Gasteiger partial charge < -0.3 is 9.42 Å². The van der Waals surface area contributed by atoms with Crippen LogP contribution in [-0.4, -0.2) is 39.6 Å². The van der Waals surface area contributed by atoms with Crippen LogP contribution in [0.15, 0.2) is 10.6 Å². The van der Waals surface area contributed by atoms with Gasteiger partial charge >= 0.3 is 0 Å². The summed E-state index contributed by atoms with van der Waals surface area (Å²) in [5, 5.41) is 4.57. The van der Waals surface area contributed by atoms with Gasteiger partial charge in [-0.1, -0.05) is 5.16 Å². The van der Waals surface area contributed by atoms with Gasteiger partial charge in [-0.25, -0.2) is 0 Å². The third-order valence-electron chi connectivity index (χ3n) is 4.10. The van der Waals surface area contributed by atoms with Crippen molar-refractivity contribution in [2.24, 2.45) is 0 Å². The van der Waals surface area contributed by atoms with Crippen LogP contribution in [0.1, 0.15) is 41.9 Å². The van der Waals surface area contributed by atoms with Crippen molar-refractivity contribution in [3.05, 3.63) is 17.5 Å². The van der Waals surface area contributed by atoms with E-state index in [4.69, 9.17) is 4.52 Å². The van der Waals surface area contributed by atoms with Crippen LogP contribution >= 0.6 is 11.8 Å². The van der Waals surface area contributed by atoms with Crippen LogP contribution in [0.2, 0.25) is 0 Å². The Morgan fingerprint density at radius 3 is 2.61 bits per heavy atom. The number of amides is 1. The van der Waals surface area contributed by atoms with Crippen molar-refractivity contribution in [1.82, 2.24) is 10.1 Å². The number of hydrogen-bond acceptors (Lipinski definition) is 4. The summed E-state index contributed by atoms with van der Waals surface area (Å²) in [6, 6.07) is 2.55. The van der Waals surface area contributed by atoms with E-state index in [9.17, 15) is 4.79 Å². The minimum Gasteiger partial charge on any atom is -0.361 e. The molecule has 4 nitrogen and oxygen atoms in total. The lowest BCUT2D eigenvalue weighted by atomic mass is 10.0. The summed E-state index contributed by atoms with van der Waals surface area (Å²) in [6.07, 6.45) is 6.71. The number of carbonyl (C=O) groups is 1. The molecule has 1 aromatic rings. The molecule has 2 unspecified atom stereocenters. The van der Waals surface area contributed by atoms with Gasteiger partial charge in [0.2, 0.25) is 0 Å². The quantitative estimate of drug-likeness (QED) is 0.825. The van der Waals surface area contributed by atoms with Crippen LogP contribution in [0.3, 0.4) is 0 Å². The number of thioether (sulfide) groups is 1. The molecule has 2 aliphatic rings. The van der Waals surface area contributed by atoms with Crippen LogP contribution in [0, 0.1) is 6.92 Å². The molecule has 0 radical (unpaired) electrons. The summed E-state index contributed by atoms with van der Waals surface area (Å²) in [4.78, 5) is 14.5. The van der Waals surface area contributed by atoms with E-state index < -0.39 is 0 Å². The van der Waals surface area contributed by atoms with E-state index in [1.165, 1.54) is 0 Å². The maximum absolute atomic E-state index is 12.5. The topological polar surface area (TPSA) is 46.3 Å². The first-order chi connectivity index (χ1) is 8.69. The van der Waals surface area contributed by atoms with Crippen molar-refractivity contribution in [3.63, 3.8) is 0 Å². The highest BCUT2D eigenvalue weighted by molar-refractivity contribution is 7.99. The van der Waals surface area contributed by atoms with Gasteiger partial charge in [0.15, 0.2) is 5.69 Å². The molecule has 2 atom stereocenters. The summed E-state index contributed by atoms with van der Waals surface area (Å²) < 4.78 is 5.01. The molecule has 3 rings (SSSR count). The Hall–Kier alpha value is -0.970. The van der Waals surface area contributed by atoms with Crippen molar-refractivity contribution in [1.29, 1.82) is 0 Å². The highest BCUT2D eigenvalue weighted by Crippen LogP contribution is 2.40. The second-order valence-corrected chi connectivity index (χ2v) is 6.39. The Morgan fingerprint density at radius 1 is 1.44 bits per heavy atom. The Bertz CT molecular complexity index is 446. The molecule has 2 saturated heterocycles. The molecule has 2 bridgehead atoms. The van der Waals surface area contributed by atoms with Gasteiger partial charge in [-0.3, -0.25) is 4.79 Å². The molecule has 0 aromatic carbocycles.